The molecule has 2 heterocycles. The molecular weight excluding hydrogens is 244 g/mol. The molecule has 1 aromatic heterocycles. The molecule has 1 saturated heterocycles. The van der Waals surface area contributed by atoms with E-state index in [-0.39, 0.29) is 5.41 Å². The van der Waals surface area contributed by atoms with Gasteiger partial charge < -0.3 is 11.1 Å². The Morgan fingerprint density at radius 1 is 1.44 bits per heavy atom. The number of nitrogens with two attached hydrogens (primary N) is 1. The molecule has 0 amide bonds. The van der Waals surface area contributed by atoms with Gasteiger partial charge in [-0.05, 0) is 23.8 Å². The Labute approximate surface area is 113 Å². The van der Waals surface area contributed by atoms with Crippen molar-refractivity contribution in [3.05, 3.63) is 11.9 Å². The molecule has 2 rings (SSSR count). The van der Waals surface area contributed by atoms with Crippen molar-refractivity contribution in [2.45, 2.75) is 32.6 Å². The van der Waals surface area contributed by atoms with Gasteiger partial charge in [-0.25, -0.2) is 9.97 Å². The van der Waals surface area contributed by atoms with Crippen LogP contribution in [0.2, 0.25) is 0 Å². The average molecular weight is 266 g/mol. The number of anilines is 2. The van der Waals surface area contributed by atoms with E-state index in [1.54, 1.807) is 0 Å². The number of hydrogen-bond acceptors (Lipinski definition) is 5. The van der Waals surface area contributed by atoms with Gasteiger partial charge in [0, 0.05) is 18.0 Å². The molecule has 0 aliphatic carbocycles. The molecule has 1 aromatic rings. The van der Waals surface area contributed by atoms with E-state index in [1.807, 2.05) is 17.8 Å². The fraction of sp³-hybridized carbons (Fsp3) is 0.692. The van der Waals surface area contributed by atoms with Gasteiger partial charge in [-0.3, -0.25) is 0 Å². The Morgan fingerprint density at radius 3 is 2.83 bits per heavy atom. The topological polar surface area (TPSA) is 63.8 Å². The average Bonchev–Trinajstić information content (AvgIpc) is 2.77. The van der Waals surface area contributed by atoms with Crippen LogP contribution in [-0.2, 0) is 5.41 Å². The van der Waals surface area contributed by atoms with Crippen molar-refractivity contribution in [1.29, 1.82) is 0 Å². The Kier molecular flexibility index (Phi) is 4.00. The Hall–Kier alpha value is -0.970. The predicted molar refractivity (Wildman–Crippen MR) is 79.1 cm³/mol. The van der Waals surface area contributed by atoms with Gasteiger partial charge in [0.2, 0.25) is 0 Å². The van der Waals surface area contributed by atoms with E-state index in [4.69, 9.17) is 5.73 Å². The van der Waals surface area contributed by atoms with Crippen molar-refractivity contribution >= 4 is 23.4 Å². The lowest BCUT2D eigenvalue weighted by Crippen LogP contribution is -2.20. The molecule has 1 aliphatic rings. The first-order valence-corrected chi connectivity index (χ1v) is 7.57. The van der Waals surface area contributed by atoms with Gasteiger partial charge in [0.25, 0.3) is 0 Å². The second-order valence-corrected chi connectivity index (χ2v) is 7.01. The van der Waals surface area contributed by atoms with Gasteiger partial charge in [-0.2, -0.15) is 11.8 Å². The molecule has 1 fully saturated rings. The molecule has 0 aromatic carbocycles. The first-order valence-electron chi connectivity index (χ1n) is 6.42. The van der Waals surface area contributed by atoms with Crippen molar-refractivity contribution in [3.63, 3.8) is 0 Å². The van der Waals surface area contributed by atoms with Crippen LogP contribution >= 0.6 is 11.8 Å². The van der Waals surface area contributed by atoms with Crippen LogP contribution < -0.4 is 11.1 Å². The van der Waals surface area contributed by atoms with E-state index in [0.717, 1.165) is 24.1 Å². The number of thioether (sulfide) groups is 1. The largest absolute Gasteiger partial charge is 0.384 e. The standard InChI is InChI=1S/C13H22N4S/c1-13(2,3)12-16-10(14)6-11(17-12)15-7-9-4-5-18-8-9/h6,9H,4-5,7-8H2,1-3H3,(H3,14,15,16,17). The van der Waals surface area contributed by atoms with Crippen LogP contribution in [-0.4, -0.2) is 28.0 Å². The number of aromatic nitrogens is 2. The van der Waals surface area contributed by atoms with E-state index in [1.165, 1.54) is 17.9 Å². The summed E-state index contributed by atoms with van der Waals surface area (Å²) >= 11 is 2.03. The summed E-state index contributed by atoms with van der Waals surface area (Å²) in [6, 6.07) is 1.82. The zero-order valence-electron chi connectivity index (χ0n) is 11.4. The SMILES string of the molecule is CC(C)(C)c1nc(N)cc(NCC2CCSC2)n1. The summed E-state index contributed by atoms with van der Waals surface area (Å²) in [7, 11) is 0. The molecule has 5 heteroatoms. The number of rotatable bonds is 3. The molecule has 1 aliphatic heterocycles. The minimum Gasteiger partial charge on any atom is -0.384 e. The first-order chi connectivity index (χ1) is 8.45. The summed E-state index contributed by atoms with van der Waals surface area (Å²) in [6.07, 6.45) is 1.30. The first kappa shape index (κ1) is 13.5. The fourth-order valence-electron chi connectivity index (χ4n) is 1.89. The third-order valence-corrected chi connectivity index (χ3v) is 4.24. The molecular formula is C13H22N4S. The molecule has 0 radical (unpaired) electrons. The Bertz CT molecular complexity index is 408. The van der Waals surface area contributed by atoms with Crippen LogP contribution in [0.1, 0.15) is 33.0 Å². The third kappa shape index (κ3) is 3.51. The van der Waals surface area contributed by atoms with Gasteiger partial charge in [0.1, 0.15) is 17.5 Å². The highest BCUT2D eigenvalue weighted by atomic mass is 32.2. The van der Waals surface area contributed by atoms with Gasteiger partial charge >= 0.3 is 0 Å². The minimum absolute atomic E-state index is 0.0744. The number of nitrogen functional groups attached to an aromatic ring is 1. The van der Waals surface area contributed by atoms with Crippen LogP contribution in [0, 0.1) is 5.92 Å². The minimum atomic E-state index is -0.0744. The second-order valence-electron chi connectivity index (χ2n) is 5.86. The van der Waals surface area contributed by atoms with E-state index < -0.39 is 0 Å². The molecule has 18 heavy (non-hydrogen) atoms. The Morgan fingerprint density at radius 2 is 2.22 bits per heavy atom. The molecule has 100 valence electrons. The monoisotopic (exact) mass is 266 g/mol. The van der Waals surface area contributed by atoms with Gasteiger partial charge in [-0.15, -0.1) is 0 Å². The van der Waals surface area contributed by atoms with Crippen molar-refractivity contribution in [2.75, 3.05) is 29.1 Å². The maximum absolute atomic E-state index is 5.84. The summed E-state index contributed by atoms with van der Waals surface area (Å²) in [4.78, 5) is 8.86. The zero-order chi connectivity index (χ0) is 13.2. The predicted octanol–water partition coefficient (Wildman–Crippen LogP) is 2.52. The highest BCUT2D eigenvalue weighted by molar-refractivity contribution is 7.99. The van der Waals surface area contributed by atoms with Gasteiger partial charge in [0.15, 0.2) is 0 Å². The highest BCUT2D eigenvalue weighted by Gasteiger charge is 2.19. The lowest BCUT2D eigenvalue weighted by atomic mass is 9.96. The van der Waals surface area contributed by atoms with Crippen molar-refractivity contribution in [1.82, 2.24) is 9.97 Å². The molecule has 3 N–H and O–H groups in total. The quantitative estimate of drug-likeness (QED) is 0.880. The second kappa shape index (κ2) is 5.34. The van der Waals surface area contributed by atoms with Crippen LogP contribution in [0.4, 0.5) is 11.6 Å². The van der Waals surface area contributed by atoms with Crippen molar-refractivity contribution in [2.24, 2.45) is 5.92 Å². The summed E-state index contributed by atoms with van der Waals surface area (Å²) in [6.45, 7) is 7.27. The summed E-state index contributed by atoms with van der Waals surface area (Å²) in [5, 5.41) is 3.40. The molecule has 0 spiro atoms. The lowest BCUT2D eigenvalue weighted by Gasteiger charge is -2.18. The van der Waals surface area contributed by atoms with E-state index in [2.05, 4.69) is 36.1 Å². The van der Waals surface area contributed by atoms with E-state index in [9.17, 15) is 0 Å². The van der Waals surface area contributed by atoms with Crippen LogP contribution in [0.3, 0.4) is 0 Å². The summed E-state index contributed by atoms with van der Waals surface area (Å²) in [5.41, 5.74) is 5.77. The van der Waals surface area contributed by atoms with E-state index in [0.29, 0.717) is 5.82 Å². The van der Waals surface area contributed by atoms with Crippen LogP contribution in [0.25, 0.3) is 0 Å². The van der Waals surface area contributed by atoms with Gasteiger partial charge in [-0.1, -0.05) is 20.8 Å². The number of hydrogen-bond donors (Lipinski definition) is 2. The Balaban J connectivity index is 2.05. The third-order valence-electron chi connectivity index (χ3n) is 3.01. The number of nitrogens with one attached hydrogen (secondary N) is 1. The van der Waals surface area contributed by atoms with Crippen LogP contribution in [0.15, 0.2) is 6.07 Å². The molecule has 4 nitrogen and oxygen atoms in total. The maximum Gasteiger partial charge on any atom is 0.138 e. The fourth-order valence-corrected chi connectivity index (χ4v) is 3.17. The highest BCUT2D eigenvalue weighted by Crippen LogP contribution is 2.24. The lowest BCUT2D eigenvalue weighted by molar-refractivity contribution is 0.546. The molecule has 0 bridgehead atoms. The van der Waals surface area contributed by atoms with Gasteiger partial charge in [0.05, 0.1) is 0 Å². The molecule has 1 atom stereocenters. The number of nitrogens with zero attached hydrogens (tertiary/aromatic N) is 2. The summed E-state index contributed by atoms with van der Waals surface area (Å²) in [5.74, 6) is 5.48. The van der Waals surface area contributed by atoms with E-state index >= 15 is 0 Å². The van der Waals surface area contributed by atoms with Crippen molar-refractivity contribution in [3.8, 4) is 0 Å². The smallest absolute Gasteiger partial charge is 0.138 e. The maximum atomic E-state index is 5.84. The zero-order valence-corrected chi connectivity index (χ0v) is 12.2. The normalized spacial score (nSPS) is 20.1. The summed E-state index contributed by atoms with van der Waals surface area (Å²) < 4.78 is 0. The molecule has 0 saturated carbocycles. The molecule has 1 unspecified atom stereocenters. The van der Waals surface area contributed by atoms with Crippen LogP contribution in [0.5, 0.6) is 0 Å². The van der Waals surface area contributed by atoms with Crippen molar-refractivity contribution < 1.29 is 0 Å².